The summed E-state index contributed by atoms with van der Waals surface area (Å²) in [6, 6.07) is 0. The number of hydrogen-bond acceptors (Lipinski definition) is 6. The molecule has 0 radical (unpaired) electrons. The van der Waals surface area contributed by atoms with E-state index in [0.717, 1.165) is 11.4 Å². The lowest BCUT2D eigenvalue weighted by atomic mass is 10.6. The molecule has 6 heteroatoms. The van der Waals surface area contributed by atoms with Crippen LogP contribution in [0.4, 0.5) is 10.3 Å². The molecular formula is C8H8N4S2. The Morgan fingerprint density at radius 1 is 0.929 bits per heavy atom. The summed E-state index contributed by atoms with van der Waals surface area (Å²) in [6.45, 7) is 3.87. The second-order valence-electron chi connectivity index (χ2n) is 2.74. The van der Waals surface area contributed by atoms with Gasteiger partial charge in [-0.2, -0.15) is 0 Å². The largest absolute Gasteiger partial charge is 0.230 e. The first-order valence-electron chi connectivity index (χ1n) is 4.00. The van der Waals surface area contributed by atoms with Crippen LogP contribution in [0.5, 0.6) is 0 Å². The molecule has 0 atom stereocenters. The molecule has 0 aromatic carbocycles. The van der Waals surface area contributed by atoms with Gasteiger partial charge in [-0.05, 0) is 13.8 Å². The van der Waals surface area contributed by atoms with Gasteiger partial charge in [0.25, 0.3) is 0 Å². The lowest BCUT2D eigenvalue weighted by Gasteiger charge is -1.80. The molecule has 4 nitrogen and oxygen atoms in total. The van der Waals surface area contributed by atoms with Crippen molar-refractivity contribution in [3.05, 3.63) is 22.1 Å². The van der Waals surface area contributed by atoms with Crippen molar-refractivity contribution in [1.29, 1.82) is 0 Å². The molecule has 0 spiro atoms. The first-order chi connectivity index (χ1) is 6.74. The van der Waals surface area contributed by atoms with Crippen molar-refractivity contribution in [3.63, 3.8) is 0 Å². The topological polar surface area (TPSA) is 50.5 Å². The van der Waals surface area contributed by atoms with Crippen molar-refractivity contribution in [2.75, 3.05) is 0 Å². The zero-order valence-corrected chi connectivity index (χ0v) is 9.39. The Labute approximate surface area is 89.4 Å². The van der Waals surface area contributed by atoms with E-state index in [1.54, 1.807) is 0 Å². The van der Waals surface area contributed by atoms with Crippen LogP contribution < -0.4 is 0 Å². The Morgan fingerprint density at radius 3 is 1.64 bits per heavy atom. The highest BCUT2D eigenvalue weighted by Crippen LogP contribution is 2.23. The first kappa shape index (κ1) is 9.42. The van der Waals surface area contributed by atoms with Gasteiger partial charge in [-0.15, -0.1) is 32.9 Å². The van der Waals surface area contributed by atoms with Gasteiger partial charge < -0.3 is 0 Å². The number of rotatable bonds is 2. The second-order valence-corrected chi connectivity index (χ2v) is 4.42. The van der Waals surface area contributed by atoms with Crippen molar-refractivity contribution in [1.82, 2.24) is 9.97 Å². The molecular weight excluding hydrogens is 216 g/mol. The minimum absolute atomic E-state index is 0.676. The zero-order chi connectivity index (χ0) is 9.97. The van der Waals surface area contributed by atoms with E-state index in [-0.39, 0.29) is 0 Å². The summed E-state index contributed by atoms with van der Waals surface area (Å²) < 4.78 is 0. The molecule has 2 aromatic rings. The number of azo groups is 1. The Balaban J connectivity index is 2.14. The molecule has 72 valence electrons. The molecule has 0 aliphatic rings. The SMILES string of the molecule is Cc1csc(N=Nc2nc(C)cs2)n1. The molecule has 0 saturated heterocycles. The third-order valence-electron chi connectivity index (χ3n) is 1.43. The van der Waals surface area contributed by atoms with E-state index in [0.29, 0.717) is 10.3 Å². The normalized spacial score (nSPS) is 11.3. The van der Waals surface area contributed by atoms with Crippen molar-refractivity contribution in [2.24, 2.45) is 10.2 Å². The van der Waals surface area contributed by atoms with Crippen LogP contribution in [-0.2, 0) is 0 Å². The third kappa shape index (κ3) is 2.21. The van der Waals surface area contributed by atoms with Gasteiger partial charge in [0.15, 0.2) is 0 Å². The standard InChI is InChI=1S/C8H8N4S2/c1-5-3-13-7(9-5)11-12-8-10-6(2)4-14-8/h3-4H,1-2H3. The quantitative estimate of drug-likeness (QED) is 0.731. The highest BCUT2D eigenvalue weighted by molar-refractivity contribution is 7.13. The van der Waals surface area contributed by atoms with Gasteiger partial charge in [0.05, 0.1) is 11.4 Å². The van der Waals surface area contributed by atoms with E-state index in [4.69, 9.17) is 0 Å². The molecule has 0 unspecified atom stereocenters. The average Bonchev–Trinajstić information content (AvgIpc) is 2.72. The Hall–Kier alpha value is -1.14. The minimum Gasteiger partial charge on any atom is -0.222 e. The van der Waals surface area contributed by atoms with Crippen LogP contribution >= 0.6 is 22.7 Å². The van der Waals surface area contributed by atoms with Crippen LogP contribution in [0.2, 0.25) is 0 Å². The first-order valence-corrected chi connectivity index (χ1v) is 5.76. The van der Waals surface area contributed by atoms with Gasteiger partial charge in [0.1, 0.15) is 0 Å². The maximum Gasteiger partial charge on any atom is 0.230 e. The van der Waals surface area contributed by atoms with Crippen LogP contribution in [0.1, 0.15) is 11.4 Å². The summed E-state index contributed by atoms with van der Waals surface area (Å²) in [5, 5.41) is 13.2. The molecule has 0 aliphatic heterocycles. The molecule has 0 fully saturated rings. The van der Waals surface area contributed by atoms with Gasteiger partial charge in [-0.1, -0.05) is 0 Å². The predicted molar refractivity (Wildman–Crippen MR) is 57.9 cm³/mol. The maximum atomic E-state index is 4.17. The number of thiazole rings is 2. The lowest BCUT2D eigenvalue weighted by molar-refractivity contribution is 1.13. The summed E-state index contributed by atoms with van der Waals surface area (Å²) in [4.78, 5) is 8.34. The molecule has 0 bridgehead atoms. The summed E-state index contributed by atoms with van der Waals surface area (Å²) >= 11 is 2.96. The fraction of sp³-hybridized carbons (Fsp3) is 0.250. The van der Waals surface area contributed by atoms with E-state index in [2.05, 4.69) is 20.2 Å². The predicted octanol–water partition coefficient (Wildman–Crippen LogP) is 3.63. The molecule has 0 saturated carbocycles. The summed E-state index contributed by atoms with van der Waals surface area (Å²) in [5.74, 6) is 0. The van der Waals surface area contributed by atoms with Crippen LogP contribution in [0.3, 0.4) is 0 Å². The van der Waals surface area contributed by atoms with Gasteiger partial charge in [0.2, 0.25) is 10.3 Å². The van der Waals surface area contributed by atoms with Crippen LogP contribution in [0, 0.1) is 13.8 Å². The smallest absolute Gasteiger partial charge is 0.222 e. The van der Waals surface area contributed by atoms with Crippen molar-refractivity contribution < 1.29 is 0 Å². The number of nitrogens with zero attached hydrogens (tertiary/aromatic N) is 4. The molecule has 0 N–H and O–H groups in total. The molecule has 2 rings (SSSR count). The molecule has 2 aromatic heterocycles. The van der Waals surface area contributed by atoms with E-state index < -0.39 is 0 Å². The summed E-state index contributed by atoms with van der Waals surface area (Å²) in [5.41, 5.74) is 1.94. The number of hydrogen-bond donors (Lipinski definition) is 0. The fourth-order valence-electron chi connectivity index (χ4n) is 0.861. The fourth-order valence-corrected chi connectivity index (χ4v) is 2.09. The van der Waals surface area contributed by atoms with E-state index in [1.165, 1.54) is 22.7 Å². The monoisotopic (exact) mass is 224 g/mol. The number of aryl methyl sites for hydroxylation is 2. The van der Waals surface area contributed by atoms with Gasteiger partial charge in [-0.25, -0.2) is 9.97 Å². The van der Waals surface area contributed by atoms with E-state index in [1.807, 2.05) is 24.6 Å². The minimum atomic E-state index is 0.676. The highest BCUT2D eigenvalue weighted by Gasteiger charge is 1.97. The van der Waals surface area contributed by atoms with Gasteiger partial charge in [-0.3, -0.25) is 0 Å². The molecule has 0 aliphatic carbocycles. The highest BCUT2D eigenvalue weighted by atomic mass is 32.1. The average molecular weight is 224 g/mol. The van der Waals surface area contributed by atoms with Crippen LogP contribution in [0.25, 0.3) is 0 Å². The maximum absolute atomic E-state index is 4.17. The number of aromatic nitrogens is 2. The lowest BCUT2D eigenvalue weighted by Crippen LogP contribution is -1.66. The van der Waals surface area contributed by atoms with Crippen molar-refractivity contribution >= 4 is 32.9 Å². The Kier molecular flexibility index (Phi) is 2.64. The summed E-state index contributed by atoms with van der Waals surface area (Å²) in [6.07, 6.45) is 0. The van der Waals surface area contributed by atoms with E-state index in [9.17, 15) is 0 Å². The summed E-state index contributed by atoms with van der Waals surface area (Å²) in [7, 11) is 0. The van der Waals surface area contributed by atoms with Gasteiger partial charge >= 0.3 is 0 Å². The molecule has 0 amide bonds. The van der Waals surface area contributed by atoms with Crippen LogP contribution in [0.15, 0.2) is 21.0 Å². The Bertz CT molecular complexity index is 415. The van der Waals surface area contributed by atoms with Crippen molar-refractivity contribution in [3.8, 4) is 0 Å². The van der Waals surface area contributed by atoms with E-state index >= 15 is 0 Å². The van der Waals surface area contributed by atoms with Crippen LogP contribution in [-0.4, -0.2) is 9.97 Å². The van der Waals surface area contributed by atoms with Crippen molar-refractivity contribution in [2.45, 2.75) is 13.8 Å². The Morgan fingerprint density at radius 2 is 1.36 bits per heavy atom. The second kappa shape index (κ2) is 3.93. The zero-order valence-electron chi connectivity index (χ0n) is 7.76. The van der Waals surface area contributed by atoms with Gasteiger partial charge in [0, 0.05) is 10.8 Å². The molecule has 2 heterocycles. The molecule has 14 heavy (non-hydrogen) atoms. The third-order valence-corrected chi connectivity index (χ3v) is 3.12.